The van der Waals surface area contributed by atoms with E-state index in [2.05, 4.69) is 89.0 Å². The van der Waals surface area contributed by atoms with Crippen molar-refractivity contribution in [2.75, 3.05) is 20.4 Å². The average Bonchev–Trinajstić information content (AvgIpc) is 2.61. The van der Waals surface area contributed by atoms with E-state index >= 15 is 0 Å². The highest BCUT2D eigenvalue weighted by Gasteiger charge is 2.35. The largest absolute Gasteiger partial charge is 0.444 e. The van der Waals surface area contributed by atoms with Crippen LogP contribution in [-0.2, 0) is 15.5 Å². The van der Waals surface area contributed by atoms with Gasteiger partial charge in [0.2, 0.25) is 8.45 Å². The molecule has 0 heterocycles. The molecule has 7 heteroatoms. The molecule has 168 valence electrons. The zero-order chi connectivity index (χ0) is 22.1. The maximum absolute atomic E-state index is 6.74. The summed E-state index contributed by atoms with van der Waals surface area (Å²) in [5.41, 5.74) is 1.25. The molecule has 0 atom stereocenters. The molecule has 0 bridgehead atoms. The van der Waals surface area contributed by atoms with Crippen molar-refractivity contribution >= 4 is 16.8 Å². The third-order valence-electron chi connectivity index (χ3n) is 4.59. The van der Waals surface area contributed by atoms with Gasteiger partial charge in [-0.15, -0.1) is 0 Å². The van der Waals surface area contributed by atoms with Crippen LogP contribution in [0.25, 0.3) is 0 Å². The smallest absolute Gasteiger partial charge is 0.249 e. The minimum Gasteiger partial charge on any atom is -0.444 e. The van der Waals surface area contributed by atoms with E-state index in [0.717, 1.165) is 18.3 Å². The van der Waals surface area contributed by atoms with Gasteiger partial charge >= 0.3 is 0 Å². The molecular weight excluding hydrogens is 402 g/mol. The number of aryl methyl sites for hydroxylation is 1. The third-order valence-corrected chi connectivity index (χ3v) is 9.00. The summed E-state index contributed by atoms with van der Waals surface area (Å²) in [6, 6.07) is 10.1. The Morgan fingerprint density at radius 1 is 0.793 bits per heavy atom. The molecule has 5 nitrogen and oxygen atoms in total. The summed E-state index contributed by atoms with van der Waals surface area (Å²) in [7, 11) is 1.66. The molecule has 29 heavy (non-hydrogen) atoms. The Morgan fingerprint density at radius 2 is 1.28 bits per heavy atom. The van der Waals surface area contributed by atoms with Crippen molar-refractivity contribution in [3.63, 3.8) is 0 Å². The summed E-state index contributed by atoms with van der Waals surface area (Å²) in [6.07, 6.45) is 1.80. The van der Waals surface area contributed by atoms with Crippen LogP contribution in [-0.4, -0.2) is 53.9 Å². The van der Waals surface area contributed by atoms with Gasteiger partial charge in [-0.25, -0.2) is 9.34 Å². The Balaban J connectivity index is 3.14. The fourth-order valence-corrected chi connectivity index (χ4v) is 6.79. The van der Waals surface area contributed by atoms with Crippen molar-refractivity contribution in [2.24, 2.45) is 0 Å². The van der Waals surface area contributed by atoms with Crippen LogP contribution in [0.5, 0.6) is 5.75 Å². The second-order valence-electron chi connectivity index (χ2n) is 8.30. The van der Waals surface area contributed by atoms with Gasteiger partial charge in [0, 0.05) is 44.5 Å². The van der Waals surface area contributed by atoms with Crippen LogP contribution in [0, 0.1) is 0 Å². The molecule has 1 rings (SSSR count). The topological polar surface area (TPSA) is 34.2 Å². The van der Waals surface area contributed by atoms with Crippen LogP contribution in [0.15, 0.2) is 24.3 Å². The van der Waals surface area contributed by atoms with Crippen LogP contribution in [0.2, 0.25) is 0 Å². The maximum atomic E-state index is 6.74. The van der Waals surface area contributed by atoms with Gasteiger partial charge in [-0.3, -0.25) is 0 Å². The molecule has 0 aliphatic rings. The summed E-state index contributed by atoms with van der Waals surface area (Å²) in [6.45, 7) is 18.0. The Labute approximate surface area is 182 Å². The number of benzene rings is 1. The van der Waals surface area contributed by atoms with Gasteiger partial charge in [-0.1, -0.05) is 12.1 Å². The lowest BCUT2D eigenvalue weighted by Gasteiger charge is -2.45. The number of hydrogen-bond donors (Lipinski definition) is 0. The van der Waals surface area contributed by atoms with Crippen LogP contribution in [0.4, 0.5) is 0 Å². The lowest BCUT2D eigenvalue weighted by atomic mass is 10.2. The number of rotatable bonds is 13. The molecule has 0 fully saturated rings. The zero-order valence-electron chi connectivity index (χ0n) is 20.0. The van der Waals surface area contributed by atoms with Crippen LogP contribution in [0.3, 0.4) is 0 Å². The number of hydrogen-bond acceptors (Lipinski definition) is 5. The fraction of sp³-hybridized carbons (Fsp3) is 0.727. The summed E-state index contributed by atoms with van der Waals surface area (Å²) in [5, 5.41) is 0. The van der Waals surface area contributed by atoms with Crippen LogP contribution < -0.4 is 4.52 Å². The Morgan fingerprint density at radius 3 is 1.69 bits per heavy atom. The summed E-state index contributed by atoms with van der Waals surface area (Å²) in [4.78, 5) is 0. The molecule has 0 spiro atoms. The Bertz CT molecular complexity index is 545. The summed E-state index contributed by atoms with van der Waals surface area (Å²) < 4.78 is 22.5. The Hall–Kier alpha value is -0.280. The fourth-order valence-electron chi connectivity index (χ4n) is 3.53. The molecule has 0 aromatic heterocycles. The molecule has 1 aromatic carbocycles. The SMILES string of the molecule is COP(CCc1cccc(OP(N(C(C)C)C(C)C)N(C(C)C)C(C)C)c1)OC. The minimum absolute atomic E-state index is 0.399. The monoisotopic (exact) mass is 444 g/mol. The lowest BCUT2D eigenvalue weighted by Crippen LogP contribution is -2.44. The molecule has 1 aromatic rings. The lowest BCUT2D eigenvalue weighted by molar-refractivity contribution is 0.225. The van der Waals surface area contributed by atoms with Gasteiger partial charge in [0.1, 0.15) is 5.75 Å². The zero-order valence-corrected chi connectivity index (χ0v) is 21.8. The molecule has 0 N–H and O–H groups in total. The molecule has 0 saturated heterocycles. The second-order valence-corrected chi connectivity index (χ2v) is 11.8. The maximum Gasteiger partial charge on any atom is 0.249 e. The Kier molecular flexibility index (Phi) is 12.2. The first-order valence-corrected chi connectivity index (χ1v) is 13.1. The van der Waals surface area contributed by atoms with E-state index in [4.69, 9.17) is 13.6 Å². The van der Waals surface area contributed by atoms with E-state index in [1.807, 2.05) is 0 Å². The van der Waals surface area contributed by atoms with Gasteiger partial charge in [0.05, 0.1) is 0 Å². The van der Waals surface area contributed by atoms with Gasteiger partial charge in [-0.05, 0) is 79.5 Å². The molecule has 0 aliphatic heterocycles. The van der Waals surface area contributed by atoms with Crippen molar-refractivity contribution < 1.29 is 13.6 Å². The second kappa shape index (κ2) is 13.2. The highest BCUT2D eigenvalue weighted by atomic mass is 31.2. The molecule has 0 saturated carbocycles. The van der Waals surface area contributed by atoms with Crippen LogP contribution in [0.1, 0.15) is 61.0 Å². The molecule has 0 aliphatic carbocycles. The number of nitrogens with zero attached hydrogens (tertiary/aromatic N) is 2. The van der Waals surface area contributed by atoms with E-state index in [1.165, 1.54) is 5.56 Å². The molecule has 0 amide bonds. The average molecular weight is 445 g/mol. The predicted molar refractivity (Wildman–Crippen MR) is 128 cm³/mol. The highest BCUT2D eigenvalue weighted by Crippen LogP contribution is 2.50. The van der Waals surface area contributed by atoms with E-state index in [-0.39, 0.29) is 0 Å². The highest BCUT2D eigenvalue weighted by molar-refractivity contribution is 7.48. The first-order chi connectivity index (χ1) is 13.6. The first-order valence-electron chi connectivity index (χ1n) is 10.6. The van der Waals surface area contributed by atoms with Crippen molar-refractivity contribution in [3.8, 4) is 5.75 Å². The van der Waals surface area contributed by atoms with Crippen molar-refractivity contribution in [3.05, 3.63) is 29.8 Å². The quantitative estimate of drug-likeness (QED) is 0.317. The standard InChI is InChI=1S/C22H42N2O3P2/c1-17(2)23(18(3)4)29(24(19(5)6)20(7)8)27-22-13-11-12-21(16-22)14-15-28(25-9)26-10/h11-13,16-20H,14-15H2,1-10H3. The predicted octanol–water partition coefficient (Wildman–Crippen LogP) is 6.68. The van der Waals surface area contributed by atoms with Gasteiger partial charge in [0.25, 0.3) is 0 Å². The summed E-state index contributed by atoms with van der Waals surface area (Å²) >= 11 is 0. The molecule has 0 unspecified atom stereocenters. The molecule has 0 radical (unpaired) electrons. The van der Waals surface area contributed by atoms with Crippen molar-refractivity contribution in [1.29, 1.82) is 0 Å². The first kappa shape index (κ1) is 26.8. The third kappa shape index (κ3) is 8.40. The van der Waals surface area contributed by atoms with Crippen molar-refractivity contribution in [1.82, 2.24) is 9.34 Å². The van der Waals surface area contributed by atoms with Gasteiger partial charge in [0.15, 0.2) is 8.38 Å². The van der Waals surface area contributed by atoms with E-state index < -0.39 is 16.8 Å². The van der Waals surface area contributed by atoms with Gasteiger partial charge < -0.3 is 13.6 Å². The minimum atomic E-state index is -0.941. The summed E-state index contributed by atoms with van der Waals surface area (Å²) in [5.74, 6) is 0.936. The van der Waals surface area contributed by atoms with Crippen molar-refractivity contribution in [2.45, 2.75) is 86.0 Å². The van der Waals surface area contributed by atoms with E-state index in [1.54, 1.807) is 14.2 Å². The molecular formula is C22H42N2O3P2. The van der Waals surface area contributed by atoms with E-state index in [0.29, 0.717) is 24.2 Å². The van der Waals surface area contributed by atoms with Gasteiger partial charge in [-0.2, -0.15) is 0 Å². The van der Waals surface area contributed by atoms with E-state index in [9.17, 15) is 0 Å². The normalized spacial score (nSPS) is 12.8. The van der Waals surface area contributed by atoms with Crippen LogP contribution >= 0.6 is 16.8 Å².